The van der Waals surface area contributed by atoms with Crippen LogP contribution in [0.5, 0.6) is 0 Å². The molecule has 1 aromatic heterocycles. The Morgan fingerprint density at radius 3 is 2.67 bits per heavy atom. The van der Waals surface area contributed by atoms with Crippen molar-refractivity contribution in [2.45, 2.75) is 6.54 Å². The minimum absolute atomic E-state index is 0.151. The van der Waals surface area contributed by atoms with Gasteiger partial charge >= 0.3 is 0 Å². The van der Waals surface area contributed by atoms with E-state index in [9.17, 15) is 9.18 Å². The minimum atomic E-state index is -0.253. The number of amides is 1. The summed E-state index contributed by atoms with van der Waals surface area (Å²) >= 11 is 9.61. The lowest BCUT2D eigenvalue weighted by Gasteiger charge is -2.05. The molecule has 5 rings (SSSR count). The van der Waals surface area contributed by atoms with Gasteiger partial charge in [0.15, 0.2) is 0 Å². The summed E-state index contributed by atoms with van der Waals surface area (Å²) in [6, 6.07) is 17.9. The molecule has 30 heavy (non-hydrogen) atoms. The van der Waals surface area contributed by atoms with E-state index in [4.69, 9.17) is 11.6 Å². The second-order valence-electron chi connectivity index (χ2n) is 7.20. The van der Waals surface area contributed by atoms with E-state index in [0.29, 0.717) is 17.1 Å². The van der Waals surface area contributed by atoms with Gasteiger partial charge in [-0.1, -0.05) is 45.7 Å². The highest BCUT2D eigenvalue weighted by Crippen LogP contribution is 2.36. The summed E-state index contributed by atoms with van der Waals surface area (Å²) in [7, 11) is 0. The van der Waals surface area contributed by atoms with Gasteiger partial charge in [-0.05, 0) is 54.1 Å². The van der Waals surface area contributed by atoms with Gasteiger partial charge in [-0.3, -0.25) is 4.79 Å². The number of halogens is 3. The Kier molecular flexibility index (Phi) is 4.72. The van der Waals surface area contributed by atoms with Crippen molar-refractivity contribution in [2.24, 2.45) is 0 Å². The van der Waals surface area contributed by atoms with E-state index in [2.05, 4.69) is 25.8 Å². The molecule has 1 aliphatic rings. The highest BCUT2D eigenvalue weighted by molar-refractivity contribution is 9.10. The zero-order valence-corrected chi connectivity index (χ0v) is 18.0. The number of carbonyl (C=O) groups excluding carboxylic acids is 1. The van der Waals surface area contributed by atoms with E-state index in [1.165, 1.54) is 12.1 Å². The molecule has 3 nitrogen and oxygen atoms in total. The van der Waals surface area contributed by atoms with Crippen LogP contribution in [0.3, 0.4) is 0 Å². The summed E-state index contributed by atoms with van der Waals surface area (Å²) in [5.74, 6) is -0.404. The molecule has 3 aromatic carbocycles. The van der Waals surface area contributed by atoms with Gasteiger partial charge in [0, 0.05) is 49.8 Å². The summed E-state index contributed by atoms with van der Waals surface area (Å²) in [6.45, 7) is 0.597. The molecule has 6 heteroatoms. The molecule has 0 fully saturated rings. The fourth-order valence-electron chi connectivity index (χ4n) is 3.79. The molecule has 0 spiro atoms. The van der Waals surface area contributed by atoms with Crippen LogP contribution in [0.2, 0.25) is 5.02 Å². The lowest BCUT2D eigenvalue weighted by atomic mass is 10.0. The molecule has 148 valence electrons. The second kappa shape index (κ2) is 7.42. The number of hydrogen-bond acceptors (Lipinski definition) is 1. The number of fused-ring (bicyclic) bond motifs is 2. The number of rotatable bonds is 3. The van der Waals surface area contributed by atoms with Crippen LogP contribution in [0, 0.1) is 5.82 Å². The number of carbonyl (C=O) groups is 1. The van der Waals surface area contributed by atoms with Crippen LogP contribution in [-0.2, 0) is 11.3 Å². The summed E-state index contributed by atoms with van der Waals surface area (Å²) in [5.41, 5.74) is 5.11. The molecule has 0 radical (unpaired) electrons. The molecule has 0 unspecified atom stereocenters. The third-order valence-corrected chi connectivity index (χ3v) is 5.93. The first kappa shape index (κ1) is 19.1. The molecule has 0 aliphatic carbocycles. The topological polar surface area (TPSA) is 34.0 Å². The first-order valence-electron chi connectivity index (χ1n) is 9.34. The van der Waals surface area contributed by atoms with Gasteiger partial charge in [0.1, 0.15) is 5.82 Å². The number of anilines is 1. The third kappa shape index (κ3) is 3.44. The van der Waals surface area contributed by atoms with Crippen LogP contribution in [0.1, 0.15) is 16.7 Å². The second-order valence-corrected chi connectivity index (χ2v) is 8.55. The van der Waals surface area contributed by atoms with Gasteiger partial charge in [0.25, 0.3) is 5.91 Å². The van der Waals surface area contributed by atoms with Crippen molar-refractivity contribution in [1.82, 2.24) is 4.57 Å². The van der Waals surface area contributed by atoms with Crippen molar-refractivity contribution < 1.29 is 9.18 Å². The quantitative estimate of drug-likeness (QED) is 0.323. The van der Waals surface area contributed by atoms with Gasteiger partial charge in [-0.2, -0.15) is 0 Å². The fraction of sp³-hybridized carbons (Fsp3) is 0.0417. The van der Waals surface area contributed by atoms with E-state index in [1.807, 2.05) is 36.5 Å². The third-order valence-electron chi connectivity index (χ3n) is 5.20. The summed E-state index contributed by atoms with van der Waals surface area (Å²) in [5, 5.41) is 4.48. The largest absolute Gasteiger partial charge is 0.342 e. The molecule has 0 saturated heterocycles. The lowest BCUT2D eigenvalue weighted by molar-refractivity contribution is -0.110. The average Bonchev–Trinajstić information content (AvgIpc) is 3.20. The Morgan fingerprint density at radius 1 is 1.07 bits per heavy atom. The van der Waals surface area contributed by atoms with Crippen LogP contribution in [-0.4, -0.2) is 10.5 Å². The highest BCUT2D eigenvalue weighted by atomic mass is 79.9. The van der Waals surface area contributed by atoms with E-state index >= 15 is 0 Å². The zero-order valence-electron chi connectivity index (χ0n) is 15.6. The van der Waals surface area contributed by atoms with Crippen LogP contribution in [0.4, 0.5) is 10.1 Å². The monoisotopic (exact) mass is 480 g/mol. The Balaban J connectivity index is 1.63. The predicted octanol–water partition coefficient (Wildman–Crippen LogP) is 6.74. The molecule has 1 aliphatic heterocycles. The number of nitrogens with zero attached hydrogens (tertiary/aromatic N) is 1. The van der Waals surface area contributed by atoms with Gasteiger partial charge in [-0.15, -0.1) is 0 Å². The average molecular weight is 482 g/mol. The number of benzene rings is 3. The molecule has 2 heterocycles. The first-order valence-corrected chi connectivity index (χ1v) is 10.5. The highest BCUT2D eigenvalue weighted by Gasteiger charge is 2.24. The van der Waals surface area contributed by atoms with Crippen molar-refractivity contribution >= 4 is 61.7 Å². The summed E-state index contributed by atoms with van der Waals surface area (Å²) < 4.78 is 16.3. The van der Waals surface area contributed by atoms with Crippen molar-refractivity contribution in [1.29, 1.82) is 0 Å². The van der Waals surface area contributed by atoms with Crippen LogP contribution in [0.25, 0.3) is 22.6 Å². The lowest BCUT2D eigenvalue weighted by Crippen LogP contribution is -2.03. The maximum Gasteiger partial charge on any atom is 0.256 e. The number of hydrogen-bond donors (Lipinski definition) is 1. The molecule has 0 bridgehead atoms. The Labute approximate surface area is 185 Å². The van der Waals surface area contributed by atoms with Crippen molar-refractivity contribution in [3.63, 3.8) is 0 Å². The van der Waals surface area contributed by atoms with Crippen LogP contribution in [0.15, 0.2) is 71.3 Å². The predicted molar refractivity (Wildman–Crippen MR) is 123 cm³/mol. The molecule has 4 aromatic rings. The Bertz CT molecular complexity index is 1340. The molecule has 0 saturated carbocycles. The van der Waals surface area contributed by atoms with Crippen LogP contribution < -0.4 is 5.32 Å². The standard InChI is InChI=1S/C24H15BrClFN2O/c25-16-3-8-23-20(10-16)15(13-29(23)12-14-1-5-18(27)6-2-14)9-21-19-7-4-17(26)11-22(19)28-24(21)30/h1-11,13H,12H2,(H,28,30)/b21-9+. The maximum atomic E-state index is 13.3. The van der Waals surface area contributed by atoms with Gasteiger partial charge in [-0.25, -0.2) is 4.39 Å². The smallest absolute Gasteiger partial charge is 0.256 e. The summed E-state index contributed by atoms with van der Waals surface area (Å²) in [6.07, 6.45) is 3.93. The van der Waals surface area contributed by atoms with Crippen molar-refractivity contribution in [3.05, 3.63) is 98.9 Å². The summed E-state index contributed by atoms with van der Waals surface area (Å²) in [4.78, 5) is 12.6. The van der Waals surface area contributed by atoms with Crippen molar-refractivity contribution in [2.75, 3.05) is 5.32 Å². The molecular formula is C24H15BrClFN2O. The normalized spacial score (nSPS) is 14.4. The minimum Gasteiger partial charge on any atom is -0.342 e. The molecule has 0 atom stereocenters. The van der Waals surface area contributed by atoms with Crippen LogP contribution >= 0.6 is 27.5 Å². The van der Waals surface area contributed by atoms with E-state index < -0.39 is 0 Å². The molecule has 1 N–H and O–H groups in total. The molecule has 1 amide bonds. The SMILES string of the molecule is O=C1Nc2cc(Cl)ccc2/C1=C\c1cn(Cc2ccc(F)cc2)c2ccc(Br)cc12. The zero-order chi connectivity index (χ0) is 20.8. The first-order chi connectivity index (χ1) is 14.5. The van der Waals surface area contributed by atoms with Gasteiger partial charge in [0.2, 0.25) is 0 Å². The van der Waals surface area contributed by atoms with Gasteiger partial charge < -0.3 is 9.88 Å². The molecular weight excluding hydrogens is 467 g/mol. The van der Waals surface area contributed by atoms with Crippen molar-refractivity contribution in [3.8, 4) is 0 Å². The van der Waals surface area contributed by atoms with E-state index in [1.54, 1.807) is 24.3 Å². The fourth-order valence-corrected chi connectivity index (χ4v) is 4.33. The maximum absolute atomic E-state index is 13.3. The number of nitrogens with one attached hydrogen (secondary N) is 1. The number of aromatic nitrogens is 1. The van der Waals surface area contributed by atoms with E-state index in [-0.39, 0.29) is 11.7 Å². The van der Waals surface area contributed by atoms with Gasteiger partial charge in [0.05, 0.1) is 5.69 Å². The Hall–Kier alpha value is -2.89. The Morgan fingerprint density at radius 2 is 1.87 bits per heavy atom. The van der Waals surface area contributed by atoms with E-state index in [0.717, 1.165) is 37.8 Å².